The number of hydrogen-bond acceptors (Lipinski definition) is 5. The summed E-state index contributed by atoms with van der Waals surface area (Å²) in [5.74, 6) is -0.799. The average molecular weight is 355 g/mol. The Bertz CT molecular complexity index is 853. The molecule has 3 heterocycles. The Hall–Kier alpha value is -2.41. The monoisotopic (exact) mass is 355 g/mol. The molecule has 2 amide bonds. The Morgan fingerprint density at radius 3 is 2.69 bits per heavy atom. The zero-order valence-corrected chi connectivity index (χ0v) is 15.3. The molecule has 2 aliphatic heterocycles. The third kappa shape index (κ3) is 2.86. The number of rotatable bonds is 3. The molecule has 138 valence electrons. The number of nitrogens with zero attached hydrogens (tertiary/aromatic N) is 3. The van der Waals surface area contributed by atoms with Crippen LogP contribution in [0.5, 0.6) is 0 Å². The zero-order chi connectivity index (χ0) is 18.3. The Morgan fingerprint density at radius 2 is 1.96 bits per heavy atom. The molecule has 2 saturated heterocycles. The first kappa shape index (κ1) is 17.0. The van der Waals surface area contributed by atoms with Gasteiger partial charge in [-0.2, -0.15) is 5.10 Å². The number of amides is 2. The van der Waals surface area contributed by atoms with Crippen LogP contribution in [-0.2, 0) is 16.6 Å². The predicted molar refractivity (Wildman–Crippen MR) is 100 cm³/mol. The second kappa shape index (κ2) is 6.72. The summed E-state index contributed by atoms with van der Waals surface area (Å²) in [6, 6.07) is 6.68. The summed E-state index contributed by atoms with van der Waals surface area (Å²) in [7, 11) is 4.07. The number of carbonyl (C=O) groups excluding carboxylic acids is 2. The number of benzene rings is 1. The van der Waals surface area contributed by atoms with Gasteiger partial charge in [0.05, 0.1) is 22.8 Å². The highest BCUT2D eigenvalue weighted by molar-refractivity contribution is 6.03. The minimum absolute atomic E-state index is 0.196. The summed E-state index contributed by atoms with van der Waals surface area (Å²) in [6.07, 6.45) is 3.11. The largest absolute Gasteiger partial charge is 0.370 e. The molecule has 0 radical (unpaired) electrons. The van der Waals surface area contributed by atoms with E-state index in [0.717, 1.165) is 48.2 Å². The lowest BCUT2D eigenvalue weighted by molar-refractivity contribution is -0.134. The maximum Gasteiger partial charge on any atom is 0.235 e. The van der Waals surface area contributed by atoms with Crippen LogP contribution in [0.4, 0.5) is 5.69 Å². The molecule has 2 aromatic rings. The van der Waals surface area contributed by atoms with Gasteiger partial charge in [-0.25, -0.2) is 0 Å². The van der Waals surface area contributed by atoms with Gasteiger partial charge < -0.3 is 10.2 Å². The molecule has 4 rings (SSSR count). The number of aryl methyl sites for hydroxylation is 1. The van der Waals surface area contributed by atoms with E-state index in [-0.39, 0.29) is 17.7 Å². The molecule has 26 heavy (non-hydrogen) atoms. The van der Waals surface area contributed by atoms with Gasteiger partial charge in [-0.15, -0.1) is 0 Å². The summed E-state index contributed by atoms with van der Waals surface area (Å²) >= 11 is 0. The fourth-order valence-corrected chi connectivity index (χ4v) is 4.23. The molecule has 0 spiro atoms. The number of hydrogen-bond donors (Lipinski definition) is 2. The fourth-order valence-electron chi connectivity index (χ4n) is 4.23. The molecule has 0 bridgehead atoms. The van der Waals surface area contributed by atoms with Crippen LogP contribution in [0.2, 0.25) is 0 Å². The number of para-hydroxylation sites is 1. The van der Waals surface area contributed by atoms with E-state index in [4.69, 9.17) is 0 Å². The summed E-state index contributed by atoms with van der Waals surface area (Å²) in [5.41, 5.74) is 2.96. The third-order valence-electron chi connectivity index (χ3n) is 5.68. The minimum atomic E-state index is -0.365. The molecular formula is C19H25N5O2. The zero-order valence-electron chi connectivity index (χ0n) is 15.3. The van der Waals surface area contributed by atoms with Crippen molar-refractivity contribution in [2.75, 3.05) is 25.0 Å². The highest BCUT2D eigenvalue weighted by atomic mass is 16.2. The van der Waals surface area contributed by atoms with Gasteiger partial charge in [0, 0.05) is 31.9 Å². The second-order valence-corrected chi connectivity index (χ2v) is 7.28. The third-order valence-corrected chi connectivity index (χ3v) is 5.68. The Kier molecular flexibility index (Phi) is 4.40. The standard InChI is InChI=1S/C19H25N5O2/c1-23(12-8-10-20-11-9-12)15-5-3-4-13-17(22-24(2)18(13)15)14-6-7-16(25)21-19(14)26/h3-5,12,14,20H,6-11H2,1-2H3,(H,21,25,26). The van der Waals surface area contributed by atoms with Gasteiger partial charge in [-0.1, -0.05) is 12.1 Å². The van der Waals surface area contributed by atoms with E-state index in [1.54, 1.807) is 0 Å². The molecule has 2 N–H and O–H groups in total. The van der Waals surface area contributed by atoms with Crippen molar-refractivity contribution >= 4 is 28.4 Å². The van der Waals surface area contributed by atoms with E-state index in [2.05, 4.69) is 33.7 Å². The number of imide groups is 1. The van der Waals surface area contributed by atoms with Crippen LogP contribution in [0.3, 0.4) is 0 Å². The molecule has 1 unspecified atom stereocenters. The van der Waals surface area contributed by atoms with E-state index in [1.165, 1.54) is 0 Å². The lowest BCUT2D eigenvalue weighted by Gasteiger charge is -2.33. The molecule has 1 aromatic heterocycles. The van der Waals surface area contributed by atoms with Gasteiger partial charge in [0.1, 0.15) is 0 Å². The second-order valence-electron chi connectivity index (χ2n) is 7.28. The van der Waals surface area contributed by atoms with Crippen LogP contribution in [0.25, 0.3) is 10.9 Å². The number of piperidine rings is 2. The lowest BCUT2D eigenvalue weighted by atomic mass is 9.92. The maximum absolute atomic E-state index is 12.3. The predicted octanol–water partition coefficient (Wildman–Crippen LogP) is 1.28. The van der Waals surface area contributed by atoms with Crippen molar-refractivity contribution in [3.63, 3.8) is 0 Å². The highest BCUT2D eigenvalue weighted by Gasteiger charge is 2.32. The van der Waals surface area contributed by atoms with Gasteiger partial charge in [-0.05, 0) is 38.4 Å². The van der Waals surface area contributed by atoms with E-state index >= 15 is 0 Å². The average Bonchev–Trinajstić information content (AvgIpc) is 2.99. The minimum Gasteiger partial charge on any atom is -0.370 e. The van der Waals surface area contributed by atoms with Gasteiger partial charge in [0.2, 0.25) is 11.8 Å². The van der Waals surface area contributed by atoms with E-state index in [1.807, 2.05) is 23.9 Å². The van der Waals surface area contributed by atoms with Gasteiger partial charge in [-0.3, -0.25) is 19.6 Å². The molecule has 1 atom stereocenters. The Balaban J connectivity index is 1.74. The number of fused-ring (bicyclic) bond motifs is 1. The highest BCUT2D eigenvalue weighted by Crippen LogP contribution is 2.35. The van der Waals surface area contributed by atoms with Gasteiger partial charge in [0.25, 0.3) is 0 Å². The van der Waals surface area contributed by atoms with Crippen LogP contribution < -0.4 is 15.5 Å². The SMILES string of the molecule is CN(c1cccc2c(C3CCC(=O)NC3=O)nn(C)c12)C1CCNCC1. The molecule has 0 aliphatic carbocycles. The maximum atomic E-state index is 12.3. The Morgan fingerprint density at radius 1 is 1.19 bits per heavy atom. The summed E-state index contributed by atoms with van der Waals surface area (Å²) in [5, 5.41) is 11.5. The molecule has 7 nitrogen and oxygen atoms in total. The topological polar surface area (TPSA) is 79.3 Å². The van der Waals surface area contributed by atoms with Crippen LogP contribution >= 0.6 is 0 Å². The number of carbonyl (C=O) groups is 2. The molecule has 2 aliphatic rings. The fraction of sp³-hybridized carbons (Fsp3) is 0.526. The smallest absolute Gasteiger partial charge is 0.235 e. The van der Waals surface area contributed by atoms with Crippen molar-refractivity contribution in [3.8, 4) is 0 Å². The lowest BCUT2D eigenvalue weighted by Crippen LogP contribution is -2.41. The molecule has 2 fully saturated rings. The number of anilines is 1. The van der Waals surface area contributed by atoms with Crippen molar-refractivity contribution in [1.29, 1.82) is 0 Å². The first-order valence-corrected chi connectivity index (χ1v) is 9.29. The van der Waals surface area contributed by atoms with E-state index in [0.29, 0.717) is 18.9 Å². The van der Waals surface area contributed by atoms with Crippen LogP contribution in [0, 0.1) is 0 Å². The molecule has 1 aromatic carbocycles. The van der Waals surface area contributed by atoms with Crippen molar-refractivity contribution in [2.45, 2.75) is 37.6 Å². The van der Waals surface area contributed by atoms with Crippen molar-refractivity contribution in [1.82, 2.24) is 20.4 Å². The normalized spacial score (nSPS) is 21.8. The first-order chi connectivity index (χ1) is 12.6. The summed E-state index contributed by atoms with van der Waals surface area (Å²) in [6.45, 7) is 2.08. The van der Waals surface area contributed by atoms with Crippen molar-refractivity contribution < 1.29 is 9.59 Å². The number of nitrogens with one attached hydrogen (secondary N) is 2. The number of aromatic nitrogens is 2. The van der Waals surface area contributed by atoms with E-state index < -0.39 is 0 Å². The summed E-state index contributed by atoms with van der Waals surface area (Å²) < 4.78 is 1.88. The van der Waals surface area contributed by atoms with Crippen LogP contribution in [0.1, 0.15) is 37.3 Å². The molecule has 0 saturated carbocycles. The quantitative estimate of drug-likeness (QED) is 0.811. The van der Waals surface area contributed by atoms with Gasteiger partial charge in [0.15, 0.2) is 0 Å². The molecular weight excluding hydrogens is 330 g/mol. The molecule has 7 heteroatoms. The first-order valence-electron chi connectivity index (χ1n) is 9.29. The van der Waals surface area contributed by atoms with Crippen molar-refractivity contribution in [3.05, 3.63) is 23.9 Å². The van der Waals surface area contributed by atoms with Gasteiger partial charge >= 0.3 is 0 Å². The van der Waals surface area contributed by atoms with Crippen LogP contribution in [-0.4, -0.2) is 47.8 Å². The van der Waals surface area contributed by atoms with Crippen molar-refractivity contribution in [2.24, 2.45) is 7.05 Å². The van der Waals surface area contributed by atoms with Crippen LogP contribution in [0.15, 0.2) is 18.2 Å². The van der Waals surface area contributed by atoms with E-state index in [9.17, 15) is 9.59 Å². The Labute approximate surface area is 152 Å². The summed E-state index contributed by atoms with van der Waals surface area (Å²) in [4.78, 5) is 26.1.